The standard InChI is InChI=1S/C15H22N2O3S/c1-4-5-8-16-15(18)12-6-7-14-13(10-12)9-11(2)17(14)21(3,19)20/h6-7,10-11H,4-5,8-9H2,1-3H3,(H,16,18). The molecular weight excluding hydrogens is 288 g/mol. The average molecular weight is 310 g/mol. The van der Waals surface area contributed by atoms with Crippen LogP contribution in [0.3, 0.4) is 0 Å². The molecule has 116 valence electrons. The molecule has 0 spiro atoms. The molecule has 1 aromatic rings. The first kappa shape index (κ1) is 15.8. The number of sulfonamides is 1. The average Bonchev–Trinajstić information content (AvgIpc) is 2.73. The molecule has 6 heteroatoms. The zero-order valence-electron chi connectivity index (χ0n) is 12.7. The Labute approximate surface area is 126 Å². The lowest BCUT2D eigenvalue weighted by Crippen LogP contribution is -2.34. The van der Waals surface area contributed by atoms with Crippen molar-refractivity contribution in [2.75, 3.05) is 17.1 Å². The second-order valence-corrected chi connectivity index (χ2v) is 7.42. The number of benzene rings is 1. The highest BCUT2D eigenvalue weighted by Gasteiger charge is 2.32. The van der Waals surface area contributed by atoms with Gasteiger partial charge in [0.1, 0.15) is 0 Å². The van der Waals surface area contributed by atoms with Crippen molar-refractivity contribution in [2.24, 2.45) is 0 Å². The summed E-state index contributed by atoms with van der Waals surface area (Å²) in [4.78, 5) is 12.0. The largest absolute Gasteiger partial charge is 0.352 e. The Kier molecular flexibility index (Phi) is 4.56. The van der Waals surface area contributed by atoms with Gasteiger partial charge < -0.3 is 5.32 Å². The monoisotopic (exact) mass is 310 g/mol. The molecule has 0 bridgehead atoms. The topological polar surface area (TPSA) is 66.5 Å². The number of hydrogen-bond acceptors (Lipinski definition) is 3. The highest BCUT2D eigenvalue weighted by atomic mass is 32.2. The second kappa shape index (κ2) is 6.05. The minimum absolute atomic E-state index is 0.100. The van der Waals surface area contributed by atoms with E-state index in [1.165, 1.54) is 10.6 Å². The zero-order chi connectivity index (χ0) is 15.6. The molecule has 0 saturated heterocycles. The number of nitrogens with zero attached hydrogens (tertiary/aromatic N) is 1. The van der Waals surface area contributed by atoms with E-state index in [-0.39, 0.29) is 11.9 Å². The number of anilines is 1. The van der Waals surface area contributed by atoms with Gasteiger partial charge in [-0.15, -0.1) is 0 Å². The number of unbranched alkanes of at least 4 members (excludes halogenated alkanes) is 1. The molecule has 1 aliphatic rings. The Balaban J connectivity index is 2.22. The van der Waals surface area contributed by atoms with Crippen LogP contribution in [0.1, 0.15) is 42.6 Å². The third kappa shape index (κ3) is 3.37. The third-order valence-corrected chi connectivity index (χ3v) is 4.94. The van der Waals surface area contributed by atoms with Crippen LogP contribution in [0.2, 0.25) is 0 Å². The second-order valence-electron chi connectivity index (χ2n) is 5.56. The van der Waals surface area contributed by atoms with Gasteiger partial charge in [0.15, 0.2) is 0 Å². The maximum atomic E-state index is 12.0. The molecule has 1 amide bonds. The summed E-state index contributed by atoms with van der Waals surface area (Å²) in [5.41, 5.74) is 2.19. The van der Waals surface area contributed by atoms with Gasteiger partial charge in [-0.05, 0) is 43.5 Å². The summed E-state index contributed by atoms with van der Waals surface area (Å²) in [7, 11) is -3.28. The summed E-state index contributed by atoms with van der Waals surface area (Å²) in [6.07, 6.45) is 3.84. The number of hydrogen-bond donors (Lipinski definition) is 1. The number of rotatable bonds is 5. The van der Waals surface area contributed by atoms with Gasteiger partial charge in [-0.2, -0.15) is 0 Å². The van der Waals surface area contributed by atoms with Gasteiger partial charge in [-0.1, -0.05) is 13.3 Å². The predicted molar refractivity (Wildman–Crippen MR) is 84.2 cm³/mol. The number of fused-ring (bicyclic) bond motifs is 1. The Morgan fingerprint density at radius 2 is 2.14 bits per heavy atom. The van der Waals surface area contributed by atoms with Crippen molar-refractivity contribution in [1.29, 1.82) is 0 Å². The predicted octanol–water partition coefficient (Wildman–Crippen LogP) is 1.93. The Morgan fingerprint density at radius 3 is 2.76 bits per heavy atom. The first-order valence-corrected chi connectivity index (χ1v) is 9.10. The molecule has 0 aromatic heterocycles. The quantitative estimate of drug-likeness (QED) is 0.845. The van der Waals surface area contributed by atoms with E-state index in [1.54, 1.807) is 18.2 Å². The highest BCUT2D eigenvalue weighted by molar-refractivity contribution is 7.92. The summed E-state index contributed by atoms with van der Waals surface area (Å²) in [6.45, 7) is 4.61. The van der Waals surface area contributed by atoms with E-state index in [0.29, 0.717) is 24.2 Å². The molecule has 0 saturated carbocycles. The van der Waals surface area contributed by atoms with Crippen molar-refractivity contribution in [3.05, 3.63) is 29.3 Å². The molecule has 1 aromatic carbocycles. The summed E-state index contributed by atoms with van der Waals surface area (Å²) in [5.74, 6) is -0.100. The molecule has 2 rings (SSSR count). The Bertz CT molecular complexity index is 640. The Morgan fingerprint density at radius 1 is 1.43 bits per heavy atom. The van der Waals surface area contributed by atoms with Crippen molar-refractivity contribution in [3.63, 3.8) is 0 Å². The highest BCUT2D eigenvalue weighted by Crippen LogP contribution is 2.34. The maximum absolute atomic E-state index is 12.0. The normalized spacial score (nSPS) is 17.7. The van der Waals surface area contributed by atoms with Crippen LogP contribution in [0.4, 0.5) is 5.69 Å². The summed E-state index contributed by atoms with van der Waals surface area (Å²) >= 11 is 0. The fourth-order valence-electron chi connectivity index (χ4n) is 2.73. The van der Waals surface area contributed by atoms with Crippen molar-refractivity contribution in [1.82, 2.24) is 5.32 Å². The molecule has 1 heterocycles. The van der Waals surface area contributed by atoms with Crippen LogP contribution in [0.5, 0.6) is 0 Å². The van der Waals surface area contributed by atoms with Crippen molar-refractivity contribution >= 4 is 21.6 Å². The number of carbonyl (C=O) groups excluding carboxylic acids is 1. The van der Waals surface area contributed by atoms with Gasteiger partial charge in [0.25, 0.3) is 5.91 Å². The first-order valence-electron chi connectivity index (χ1n) is 7.25. The minimum Gasteiger partial charge on any atom is -0.352 e. The lowest BCUT2D eigenvalue weighted by atomic mass is 10.1. The van der Waals surface area contributed by atoms with E-state index in [9.17, 15) is 13.2 Å². The van der Waals surface area contributed by atoms with Crippen LogP contribution in [0.25, 0.3) is 0 Å². The van der Waals surface area contributed by atoms with E-state index < -0.39 is 10.0 Å². The van der Waals surface area contributed by atoms with E-state index in [4.69, 9.17) is 0 Å². The molecule has 0 fully saturated rings. The maximum Gasteiger partial charge on any atom is 0.251 e. The van der Waals surface area contributed by atoms with Gasteiger partial charge in [0, 0.05) is 18.2 Å². The zero-order valence-corrected chi connectivity index (χ0v) is 13.5. The third-order valence-electron chi connectivity index (χ3n) is 3.67. The van der Waals surface area contributed by atoms with Crippen molar-refractivity contribution in [3.8, 4) is 0 Å². The van der Waals surface area contributed by atoms with E-state index in [2.05, 4.69) is 12.2 Å². The molecule has 1 N–H and O–H groups in total. The lowest BCUT2D eigenvalue weighted by Gasteiger charge is -2.21. The molecular formula is C15H22N2O3S. The molecule has 0 radical (unpaired) electrons. The minimum atomic E-state index is -3.28. The Hall–Kier alpha value is -1.56. The van der Waals surface area contributed by atoms with Gasteiger partial charge in [-0.25, -0.2) is 8.42 Å². The van der Waals surface area contributed by atoms with Crippen LogP contribution in [0, 0.1) is 0 Å². The van der Waals surface area contributed by atoms with E-state index in [1.807, 2.05) is 6.92 Å². The van der Waals surface area contributed by atoms with Crippen molar-refractivity contribution in [2.45, 2.75) is 39.2 Å². The van der Waals surface area contributed by atoms with Crippen LogP contribution in [-0.4, -0.2) is 33.2 Å². The molecule has 1 aliphatic heterocycles. The van der Waals surface area contributed by atoms with Gasteiger partial charge in [0.2, 0.25) is 10.0 Å². The number of amides is 1. The summed E-state index contributed by atoms with van der Waals surface area (Å²) in [5, 5.41) is 2.87. The van der Waals surface area contributed by atoms with Gasteiger partial charge in [-0.3, -0.25) is 9.10 Å². The van der Waals surface area contributed by atoms with E-state index >= 15 is 0 Å². The molecule has 21 heavy (non-hydrogen) atoms. The van der Waals surface area contributed by atoms with Gasteiger partial charge >= 0.3 is 0 Å². The van der Waals surface area contributed by atoms with Crippen molar-refractivity contribution < 1.29 is 13.2 Å². The SMILES string of the molecule is CCCCNC(=O)c1ccc2c(c1)CC(C)N2S(C)(=O)=O. The number of nitrogens with one attached hydrogen (secondary N) is 1. The summed E-state index contributed by atoms with van der Waals surface area (Å²) < 4.78 is 25.1. The summed E-state index contributed by atoms with van der Waals surface area (Å²) in [6, 6.07) is 5.12. The molecule has 5 nitrogen and oxygen atoms in total. The smallest absolute Gasteiger partial charge is 0.251 e. The lowest BCUT2D eigenvalue weighted by molar-refractivity contribution is 0.0953. The molecule has 0 aliphatic carbocycles. The van der Waals surface area contributed by atoms with Crippen LogP contribution >= 0.6 is 0 Å². The van der Waals surface area contributed by atoms with Crippen LogP contribution in [-0.2, 0) is 16.4 Å². The first-order chi connectivity index (χ1) is 9.84. The van der Waals surface area contributed by atoms with Crippen LogP contribution < -0.4 is 9.62 Å². The van der Waals surface area contributed by atoms with Gasteiger partial charge in [0.05, 0.1) is 11.9 Å². The number of carbonyl (C=O) groups is 1. The fourth-order valence-corrected chi connectivity index (χ4v) is 3.99. The molecule has 1 unspecified atom stereocenters. The van der Waals surface area contributed by atoms with Crippen LogP contribution in [0.15, 0.2) is 18.2 Å². The fraction of sp³-hybridized carbons (Fsp3) is 0.533. The van der Waals surface area contributed by atoms with E-state index in [0.717, 1.165) is 18.4 Å². The molecule has 1 atom stereocenters.